The standard InChI is InChI=1S/C86H57B2N5O/c1-8-30-58(31-9-1)83-67-44-22-24-46-69(67)86(70-47-25-23-45-68(70)83)90(61-36-14-4-15-37-61)66-54-80-85-82(55-66)94-81-57-77-73(56-74(81)88(85)72-49-27-29-51-76(72)92(80)63-40-18-6-19-41-63)87-71-48-26-28-50-75(71)91(62-38-16-5-17-39-62)78-52-65(53-79(84(78)87)93(77)64-42-20-7-21-43-64)89(59-32-10-2-11-33-59)60-34-12-3-13-35-60/h1-57H. The van der Waals surface area contributed by atoms with Crippen molar-refractivity contribution in [2.75, 3.05) is 24.5 Å². The zero-order chi connectivity index (χ0) is 61.8. The van der Waals surface area contributed by atoms with Crippen molar-refractivity contribution in [3.05, 3.63) is 346 Å². The number of hydrogen-bond donors (Lipinski definition) is 0. The maximum atomic E-state index is 7.91. The quantitative estimate of drug-likeness (QED) is 0.1000. The van der Waals surface area contributed by atoms with Gasteiger partial charge in [0.15, 0.2) is 0 Å². The van der Waals surface area contributed by atoms with E-state index in [-0.39, 0.29) is 13.4 Å². The van der Waals surface area contributed by atoms with Gasteiger partial charge in [0, 0.05) is 91.2 Å². The summed E-state index contributed by atoms with van der Waals surface area (Å²) in [5.74, 6) is 1.63. The first kappa shape index (κ1) is 53.6. The number of para-hydroxylation sites is 8. The normalized spacial score (nSPS) is 12.9. The highest BCUT2D eigenvalue weighted by Gasteiger charge is 2.48. The van der Waals surface area contributed by atoms with Crippen molar-refractivity contribution in [1.82, 2.24) is 0 Å². The number of anilines is 15. The highest BCUT2D eigenvalue weighted by Crippen LogP contribution is 2.53. The van der Waals surface area contributed by atoms with Gasteiger partial charge >= 0.3 is 0 Å². The van der Waals surface area contributed by atoms with Gasteiger partial charge in [0.05, 0.1) is 17.1 Å². The summed E-state index contributed by atoms with van der Waals surface area (Å²) in [5, 5.41) is 4.66. The third-order valence-corrected chi connectivity index (χ3v) is 19.5. The van der Waals surface area contributed by atoms with Crippen LogP contribution in [0.4, 0.5) is 85.3 Å². The highest BCUT2D eigenvalue weighted by molar-refractivity contribution is 7.02. The molecule has 0 fully saturated rings. The molecular weight excluding hydrogens is 1140 g/mol. The van der Waals surface area contributed by atoms with E-state index < -0.39 is 0 Å². The van der Waals surface area contributed by atoms with Crippen LogP contribution in [0.3, 0.4) is 0 Å². The van der Waals surface area contributed by atoms with Crippen LogP contribution in [0.25, 0.3) is 32.7 Å². The lowest BCUT2D eigenvalue weighted by atomic mass is 9.30. The van der Waals surface area contributed by atoms with Crippen LogP contribution < -0.4 is 62.0 Å². The van der Waals surface area contributed by atoms with Crippen molar-refractivity contribution >= 4 is 153 Å². The second-order valence-corrected chi connectivity index (χ2v) is 24.7. The van der Waals surface area contributed by atoms with Gasteiger partial charge in [-0.15, -0.1) is 0 Å². The van der Waals surface area contributed by atoms with Gasteiger partial charge in [-0.25, -0.2) is 0 Å². The second-order valence-electron chi connectivity index (χ2n) is 24.7. The van der Waals surface area contributed by atoms with Crippen LogP contribution in [0, 0.1) is 0 Å². The first-order valence-electron chi connectivity index (χ1n) is 32.4. The zero-order valence-corrected chi connectivity index (χ0v) is 51.2. The third kappa shape index (κ3) is 8.32. The molecule has 19 rings (SSSR count). The van der Waals surface area contributed by atoms with Gasteiger partial charge in [-0.2, -0.15) is 0 Å². The fourth-order valence-electron chi connectivity index (χ4n) is 15.8. The summed E-state index contributed by atoms with van der Waals surface area (Å²) in [6.07, 6.45) is 0. The number of benzene rings is 15. The predicted octanol–water partition coefficient (Wildman–Crippen LogP) is 19.1. The molecule has 4 aliphatic heterocycles. The fraction of sp³-hybridized carbons (Fsp3) is 0. The molecule has 0 saturated heterocycles. The molecule has 0 unspecified atom stereocenters. The summed E-state index contributed by atoms with van der Waals surface area (Å²) in [6, 6.07) is 127. The lowest BCUT2D eigenvalue weighted by Gasteiger charge is -2.46. The minimum atomic E-state index is -0.209. The second kappa shape index (κ2) is 21.7. The molecule has 4 aliphatic rings. The van der Waals surface area contributed by atoms with Crippen molar-refractivity contribution < 1.29 is 4.74 Å². The third-order valence-electron chi connectivity index (χ3n) is 19.5. The van der Waals surface area contributed by atoms with Gasteiger partial charge in [0.25, 0.3) is 13.4 Å². The lowest BCUT2D eigenvalue weighted by molar-refractivity contribution is 0.488. The molecule has 0 radical (unpaired) electrons. The maximum Gasteiger partial charge on any atom is 0.256 e. The van der Waals surface area contributed by atoms with Crippen LogP contribution in [0.5, 0.6) is 11.5 Å². The average molecular weight is 1200 g/mol. The van der Waals surface area contributed by atoms with E-state index in [0.717, 1.165) is 119 Å². The number of rotatable bonds is 10. The molecule has 0 atom stereocenters. The fourth-order valence-corrected chi connectivity index (χ4v) is 15.8. The minimum absolute atomic E-state index is 0.169. The highest BCUT2D eigenvalue weighted by atomic mass is 16.5. The molecule has 438 valence electrons. The Bertz CT molecular complexity index is 5360. The first-order chi connectivity index (χ1) is 46.7. The molecule has 0 aliphatic carbocycles. The topological polar surface area (TPSA) is 25.4 Å². The minimum Gasteiger partial charge on any atom is -0.458 e. The van der Waals surface area contributed by atoms with Gasteiger partial charge in [0.2, 0.25) is 0 Å². The Morgan fingerprint density at radius 3 is 1.11 bits per heavy atom. The van der Waals surface area contributed by atoms with Gasteiger partial charge in [0.1, 0.15) is 11.5 Å². The first-order valence-corrected chi connectivity index (χ1v) is 32.4. The smallest absolute Gasteiger partial charge is 0.256 e. The Balaban J connectivity index is 0.889. The van der Waals surface area contributed by atoms with Crippen molar-refractivity contribution in [1.29, 1.82) is 0 Å². The SMILES string of the molecule is c1ccc(-c2c3ccccc3c(N(c3ccccc3)c3cc4c5c(c3)N(c3ccccc3)c3ccccc3B5c3cc5c(cc3O4)N(c3ccccc3)c3cc(N(c4ccccc4)c4ccccc4)cc4c3B5c3ccccc3N4c3ccccc3)c3ccccc23)cc1. The van der Waals surface area contributed by atoms with Crippen LogP contribution in [-0.4, -0.2) is 13.4 Å². The van der Waals surface area contributed by atoms with E-state index in [1.54, 1.807) is 0 Å². The average Bonchev–Trinajstić information content (AvgIpc) is 0.697. The maximum absolute atomic E-state index is 7.91. The molecule has 94 heavy (non-hydrogen) atoms. The molecule has 0 N–H and O–H groups in total. The Kier molecular flexibility index (Phi) is 12.4. The number of nitrogens with zero attached hydrogens (tertiary/aromatic N) is 5. The molecule has 0 saturated carbocycles. The van der Waals surface area contributed by atoms with E-state index in [4.69, 9.17) is 4.74 Å². The number of hydrogen-bond acceptors (Lipinski definition) is 6. The number of ether oxygens (including phenoxy) is 1. The van der Waals surface area contributed by atoms with Gasteiger partial charge in [-0.05, 0) is 158 Å². The summed E-state index contributed by atoms with van der Waals surface area (Å²) in [5.41, 5.74) is 25.7. The van der Waals surface area contributed by atoms with Crippen LogP contribution >= 0.6 is 0 Å². The van der Waals surface area contributed by atoms with E-state index in [0.29, 0.717) is 0 Å². The van der Waals surface area contributed by atoms with Gasteiger partial charge < -0.3 is 29.2 Å². The lowest BCUT2D eigenvalue weighted by Crippen LogP contribution is -2.64. The molecule has 0 bridgehead atoms. The Labute approximate surface area is 547 Å². The molecular formula is C86H57B2N5O. The van der Waals surface area contributed by atoms with E-state index in [2.05, 4.69) is 370 Å². The van der Waals surface area contributed by atoms with Crippen molar-refractivity contribution in [2.45, 2.75) is 0 Å². The van der Waals surface area contributed by atoms with Crippen LogP contribution in [-0.2, 0) is 0 Å². The van der Waals surface area contributed by atoms with Crippen molar-refractivity contribution in [3.63, 3.8) is 0 Å². The summed E-state index contributed by atoms with van der Waals surface area (Å²) < 4.78 is 7.91. The summed E-state index contributed by atoms with van der Waals surface area (Å²) in [7, 11) is 0. The number of fused-ring (bicyclic) bond motifs is 10. The molecule has 0 spiro atoms. The van der Waals surface area contributed by atoms with Crippen LogP contribution in [0.1, 0.15) is 0 Å². The molecule has 6 nitrogen and oxygen atoms in total. The van der Waals surface area contributed by atoms with Crippen LogP contribution in [0.15, 0.2) is 346 Å². The Morgan fingerprint density at radius 2 is 0.617 bits per heavy atom. The summed E-state index contributed by atoms with van der Waals surface area (Å²) in [6.45, 7) is -0.378. The monoisotopic (exact) mass is 1200 g/mol. The van der Waals surface area contributed by atoms with E-state index >= 15 is 0 Å². The van der Waals surface area contributed by atoms with Crippen LogP contribution in [0.2, 0.25) is 0 Å². The Morgan fingerprint density at radius 1 is 0.245 bits per heavy atom. The molecule has 15 aromatic rings. The molecule has 4 heterocycles. The molecule has 0 amide bonds. The van der Waals surface area contributed by atoms with Crippen molar-refractivity contribution in [3.8, 4) is 22.6 Å². The van der Waals surface area contributed by atoms with Crippen molar-refractivity contribution in [2.24, 2.45) is 0 Å². The Hall–Kier alpha value is -12.3. The predicted molar refractivity (Wildman–Crippen MR) is 396 cm³/mol. The zero-order valence-electron chi connectivity index (χ0n) is 51.2. The van der Waals surface area contributed by atoms with Gasteiger partial charge in [-0.1, -0.05) is 231 Å². The summed E-state index contributed by atoms with van der Waals surface area (Å²) >= 11 is 0. The van der Waals surface area contributed by atoms with Gasteiger partial charge in [-0.3, -0.25) is 0 Å². The van der Waals surface area contributed by atoms with E-state index in [1.807, 2.05) is 0 Å². The van der Waals surface area contributed by atoms with E-state index in [1.165, 1.54) is 43.8 Å². The molecule has 15 aromatic carbocycles. The summed E-state index contributed by atoms with van der Waals surface area (Å²) in [4.78, 5) is 12.4. The van der Waals surface area contributed by atoms with E-state index in [9.17, 15) is 0 Å². The largest absolute Gasteiger partial charge is 0.458 e. The molecule has 8 heteroatoms. The molecule has 0 aromatic heterocycles.